The van der Waals surface area contributed by atoms with E-state index in [0.29, 0.717) is 12.4 Å². The minimum Gasteiger partial charge on any atom is -0.508 e. The second kappa shape index (κ2) is 12.9. The van der Waals surface area contributed by atoms with Gasteiger partial charge in [0.2, 0.25) is 19.7 Å². The first-order valence-electron chi connectivity index (χ1n) is 12.6. The van der Waals surface area contributed by atoms with Gasteiger partial charge < -0.3 is 19.3 Å². The molecule has 218 valence electrons. The molecule has 1 N–H and O–H groups in total. The van der Waals surface area contributed by atoms with E-state index < -0.39 is 31.6 Å². The van der Waals surface area contributed by atoms with Crippen LogP contribution in [0.15, 0.2) is 117 Å². The van der Waals surface area contributed by atoms with Gasteiger partial charge in [-0.25, -0.2) is 16.8 Å². The van der Waals surface area contributed by atoms with Crippen molar-refractivity contribution in [3.8, 4) is 23.0 Å². The van der Waals surface area contributed by atoms with Gasteiger partial charge in [0.05, 0.1) is 39.0 Å². The standard InChI is InChI=1S/C30H26O10S2/c1-2-38-22-5-13-26(14-6-22)42(36,37)28-17-9-24(10-18-28)40-30(33)20-19-29(32)39-23-7-15-27(16-8-23)41(34,35)25-11-3-21(31)4-12-25/h3-18,31H,2,19-20H2,1H3. The molecule has 4 aromatic rings. The molecule has 0 saturated carbocycles. The summed E-state index contributed by atoms with van der Waals surface area (Å²) in [5.41, 5.74) is 0. The molecule has 0 aromatic heterocycles. The summed E-state index contributed by atoms with van der Waals surface area (Å²) in [6, 6.07) is 21.6. The summed E-state index contributed by atoms with van der Waals surface area (Å²) < 4.78 is 66.8. The molecule has 4 rings (SSSR count). The van der Waals surface area contributed by atoms with Crippen molar-refractivity contribution in [3.05, 3.63) is 97.1 Å². The van der Waals surface area contributed by atoms with E-state index in [1.54, 1.807) is 12.1 Å². The lowest BCUT2D eigenvalue weighted by molar-refractivity contribution is -0.140. The SMILES string of the molecule is CCOc1ccc(S(=O)(=O)c2ccc(OC(=O)CCC(=O)Oc3ccc(S(=O)(=O)c4ccc(O)cc4)cc3)cc2)cc1. The first kappa shape index (κ1) is 30.3. The van der Waals surface area contributed by atoms with E-state index in [9.17, 15) is 31.5 Å². The fraction of sp³-hybridized carbons (Fsp3) is 0.133. The van der Waals surface area contributed by atoms with Crippen LogP contribution in [-0.4, -0.2) is 40.5 Å². The maximum absolute atomic E-state index is 12.9. The van der Waals surface area contributed by atoms with Crippen LogP contribution in [0.25, 0.3) is 0 Å². The number of phenolic OH excluding ortho intramolecular Hbond substituents is 1. The summed E-state index contributed by atoms with van der Waals surface area (Å²) in [7, 11) is -7.63. The Balaban J connectivity index is 1.28. The van der Waals surface area contributed by atoms with Crippen LogP contribution in [0.3, 0.4) is 0 Å². The average Bonchev–Trinajstić information content (AvgIpc) is 2.97. The quantitative estimate of drug-likeness (QED) is 0.186. The van der Waals surface area contributed by atoms with E-state index in [-0.39, 0.29) is 49.7 Å². The number of phenols is 1. The number of aromatic hydroxyl groups is 1. The minimum absolute atomic E-state index is 0.00698. The monoisotopic (exact) mass is 610 g/mol. The molecule has 0 aliphatic heterocycles. The Morgan fingerprint density at radius 1 is 0.548 bits per heavy atom. The third-order valence-electron chi connectivity index (χ3n) is 5.86. The van der Waals surface area contributed by atoms with Crippen LogP contribution in [0.1, 0.15) is 19.8 Å². The van der Waals surface area contributed by atoms with Crippen molar-refractivity contribution in [3.63, 3.8) is 0 Å². The van der Waals surface area contributed by atoms with Crippen molar-refractivity contribution in [2.75, 3.05) is 6.61 Å². The Morgan fingerprint density at radius 3 is 1.19 bits per heavy atom. The Labute approximate surface area is 243 Å². The number of sulfone groups is 2. The lowest BCUT2D eigenvalue weighted by atomic mass is 10.3. The minimum atomic E-state index is -3.83. The highest BCUT2D eigenvalue weighted by atomic mass is 32.2. The number of carbonyl (C=O) groups excluding carboxylic acids is 2. The summed E-state index contributed by atoms with van der Waals surface area (Å²) in [5.74, 6) is -0.795. The van der Waals surface area contributed by atoms with Gasteiger partial charge in [0.1, 0.15) is 23.0 Å². The van der Waals surface area contributed by atoms with Crippen LogP contribution < -0.4 is 14.2 Å². The Hall–Kier alpha value is -4.68. The van der Waals surface area contributed by atoms with Gasteiger partial charge in [-0.05, 0) is 104 Å². The maximum atomic E-state index is 12.9. The van der Waals surface area contributed by atoms with E-state index in [2.05, 4.69) is 0 Å². The highest BCUT2D eigenvalue weighted by Crippen LogP contribution is 2.26. The second-order valence-corrected chi connectivity index (χ2v) is 12.7. The summed E-state index contributed by atoms with van der Waals surface area (Å²) in [6.07, 6.45) is -0.616. The van der Waals surface area contributed by atoms with Gasteiger partial charge in [-0.15, -0.1) is 0 Å². The van der Waals surface area contributed by atoms with Crippen molar-refractivity contribution in [1.29, 1.82) is 0 Å². The molecular formula is C30H26O10S2. The van der Waals surface area contributed by atoms with Crippen molar-refractivity contribution in [2.45, 2.75) is 39.3 Å². The van der Waals surface area contributed by atoms with Crippen LogP contribution in [0.4, 0.5) is 0 Å². The van der Waals surface area contributed by atoms with E-state index in [0.717, 1.165) is 0 Å². The van der Waals surface area contributed by atoms with E-state index in [4.69, 9.17) is 14.2 Å². The molecule has 0 radical (unpaired) electrons. The number of ether oxygens (including phenoxy) is 3. The van der Waals surface area contributed by atoms with Gasteiger partial charge in [-0.2, -0.15) is 0 Å². The number of esters is 2. The largest absolute Gasteiger partial charge is 0.508 e. The number of carbonyl (C=O) groups is 2. The first-order valence-corrected chi connectivity index (χ1v) is 15.6. The van der Waals surface area contributed by atoms with Gasteiger partial charge in [-0.1, -0.05) is 0 Å². The molecule has 10 nitrogen and oxygen atoms in total. The summed E-state index contributed by atoms with van der Waals surface area (Å²) in [4.78, 5) is 24.5. The van der Waals surface area contributed by atoms with E-state index in [1.807, 2.05) is 6.92 Å². The molecule has 0 atom stereocenters. The zero-order valence-corrected chi connectivity index (χ0v) is 23.9. The third-order valence-corrected chi connectivity index (χ3v) is 9.43. The van der Waals surface area contributed by atoms with Gasteiger partial charge in [-0.3, -0.25) is 9.59 Å². The fourth-order valence-electron chi connectivity index (χ4n) is 3.72. The molecule has 0 heterocycles. The van der Waals surface area contributed by atoms with Gasteiger partial charge in [0.15, 0.2) is 0 Å². The maximum Gasteiger partial charge on any atom is 0.311 e. The molecule has 42 heavy (non-hydrogen) atoms. The summed E-state index contributed by atoms with van der Waals surface area (Å²) in [6.45, 7) is 2.28. The molecule has 12 heteroatoms. The van der Waals surface area contributed by atoms with Crippen molar-refractivity contribution >= 4 is 31.6 Å². The van der Waals surface area contributed by atoms with Gasteiger partial charge in [0.25, 0.3) is 0 Å². The lowest BCUT2D eigenvalue weighted by Crippen LogP contribution is -2.14. The van der Waals surface area contributed by atoms with Crippen molar-refractivity contribution in [2.24, 2.45) is 0 Å². The molecule has 0 saturated heterocycles. The predicted molar refractivity (Wildman–Crippen MR) is 150 cm³/mol. The molecule has 0 amide bonds. The zero-order valence-electron chi connectivity index (χ0n) is 22.3. The third kappa shape index (κ3) is 7.33. The molecule has 4 aromatic carbocycles. The highest BCUT2D eigenvalue weighted by Gasteiger charge is 2.20. The molecular weight excluding hydrogens is 584 g/mol. The van der Waals surface area contributed by atoms with Crippen LogP contribution in [0.5, 0.6) is 23.0 Å². The molecule has 0 unspecified atom stereocenters. The molecule has 0 bridgehead atoms. The molecule has 0 spiro atoms. The Kier molecular flexibility index (Phi) is 9.28. The van der Waals surface area contributed by atoms with Crippen molar-refractivity contribution in [1.82, 2.24) is 0 Å². The van der Waals surface area contributed by atoms with Crippen LogP contribution in [0, 0.1) is 0 Å². The first-order chi connectivity index (χ1) is 20.0. The fourth-order valence-corrected chi connectivity index (χ4v) is 6.24. The molecule has 0 fully saturated rings. The second-order valence-electron chi connectivity index (χ2n) is 8.80. The lowest BCUT2D eigenvalue weighted by Gasteiger charge is -2.09. The number of hydrogen-bond acceptors (Lipinski definition) is 10. The molecule has 0 aliphatic carbocycles. The van der Waals surface area contributed by atoms with Crippen molar-refractivity contribution < 1.29 is 45.7 Å². The summed E-state index contributed by atoms with van der Waals surface area (Å²) in [5, 5.41) is 9.36. The normalized spacial score (nSPS) is 11.5. The smallest absolute Gasteiger partial charge is 0.311 e. The number of benzene rings is 4. The van der Waals surface area contributed by atoms with Crippen LogP contribution >= 0.6 is 0 Å². The molecule has 0 aliphatic rings. The van der Waals surface area contributed by atoms with E-state index in [1.165, 1.54) is 84.9 Å². The highest BCUT2D eigenvalue weighted by molar-refractivity contribution is 7.91. The van der Waals surface area contributed by atoms with Crippen LogP contribution in [-0.2, 0) is 29.3 Å². The topological polar surface area (TPSA) is 150 Å². The predicted octanol–water partition coefficient (Wildman–Crippen LogP) is 4.75. The number of hydrogen-bond donors (Lipinski definition) is 1. The number of rotatable bonds is 11. The zero-order chi connectivity index (χ0) is 30.3. The summed E-state index contributed by atoms with van der Waals surface area (Å²) >= 11 is 0. The Bertz CT molecular complexity index is 1760. The Morgan fingerprint density at radius 2 is 0.857 bits per heavy atom. The van der Waals surface area contributed by atoms with Gasteiger partial charge in [0, 0.05) is 0 Å². The van der Waals surface area contributed by atoms with Crippen LogP contribution in [0.2, 0.25) is 0 Å². The average molecular weight is 611 g/mol. The van der Waals surface area contributed by atoms with Gasteiger partial charge >= 0.3 is 11.9 Å². The van der Waals surface area contributed by atoms with E-state index >= 15 is 0 Å².